The molecular formula is C26H27N3O3. The van der Waals surface area contributed by atoms with E-state index in [4.69, 9.17) is 0 Å². The van der Waals surface area contributed by atoms with Crippen molar-refractivity contribution in [2.75, 3.05) is 16.8 Å². The molecule has 32 heavy (non-hydrogen) atoms. The van der Waals surface area contributed by atoms with Crippen molar-refractivity contribution in [3.8, 4) is 0 Å². The zero-order valence-corrected chi connectivity index (χ0v) is 18.6. The Balaban J connectivity index is 1.55. The molecule has 0 aromatic heterocycles. The maximum atomic E-state index is 14.0. The number of fused-ring (bicyclic) bond motifs is 7. The van der Waals surface area contributed by atoms with E-state index in [1.165, 1.54) is 4.90 Å². The van der Waals surface area contributed by atoms with Crippen molar-refractivity contribution >= 4 is 29.1 Å². The van der Waals surface area contributed by atoms with Crippen molar-refractivity contribution in [1.29, 1.82) is 0 Å². The minimum absolute atomic E-state index is 0.0880. The number of aryl methyl sites for hydroxylation is 3. The molecule has 1 N–H and O–H groups in total. The standard InChI is InChI=1S/C26H27N3O3/c1-4-16-7-5-8-18-22(16)27-25(32)26(18)21-20(19-9-6-12-28(19)26)23(30)29(24(21)31)17-11-10-14(2)15(3)13-17/h5,7-8,10-11,13,19-21H,4,6,9,12H2,1-3H3,(H,27,32)/t19-,20-,21-,26-/m0/s1. The summed E-state index contributed by atoms with van der Waals surface area (Å²) in [6.07, 6.45) is 2.55. The van der Waals surface area contributed by atoms with Crippen LogP contribution in [0, 0.1) is 25.7 Å². The number of carbonyl (C=O) groups is 3. The number of rotatable bonds is 2. The lowest BCUT2D eigenvalue weighted by atomic mass is 9.75. The first-order chi connectivity index (χ1) is 15.4. The molecule has 0 aliphatic carbocycles. The fraction of sp³-hybridized carbons (Fsp3) is 0.423. The van der Waals surface area contributed by atoms with Gasteiger partial charge in [0.1, 0.15) is 5.54 Å². The Kier molecular flexibility index (Phi) is 4.01. The average molecular weight is 430 g/mol. The second-order valence-electron chi connectivity index (χ2n) is 9.60. The fourth-order valence-corrected chi connectivity index (χ4v) is 6.70. The van der Waals surface area contributed by atoms with Crippen LogP contribution in [0.15, 0.2) is 36.4 Å². The van der Waals surface area contributed by atoms with Crippen molar-refractivity contribution in [2.45, 2.75) is 51.6 Å². The number of nitrogens with one attached hydrogen (secondary N) is 1. The summed E-state index contributed by atoms with van der Waals surface area (Å²) in [4.78, 5) is 45.1. The van der Waals surface area contributed by atoms with Gasteiger partial charge in [0, 0.05) is 17.3 Å². The van der Waals surface area contributed by atoms with Gasteiger partial charge in [0.25, 0.3) is 0 Å². The highest BCUT2D eigenvalue weighted by molar-refractivity contribution is 6.26. The third-order valence-corrected chi connectivity index (χ3v) is 8.24. The minimum atomic E-state index is -1.10. The summed E-state index contributed by atoms with van der Waals surface area (Å²) in [6, 6.07) is 11.6. The van der Waals surface area contributed by atoms with Gasteiger partial charge >= 0.3 is 0 Å². The number of anilines is 2. The van der Waals surface area contributed by atoms with Crippen LogP contribution < -0.4 is 10.2 Å². The molecule has 6 nitrogen and oxygen atoms in total. The van der Waals surface area contributed by atoms with E-state index >= 15 is 0 Å². The highest BCUT2D eigenvalue weighted by atomic mass is 16.2. The number of hydrogen-bond donors (Lipinski definition) is 1. The molecular weight excluding hydrogens is 402 g/mol. The van der Waals surface area contributed by atoms with Crippen molar-refractivity contribution in [3.05, 3.63) is 58.7 Å². The average Bonchev–Trinajstić information content (AvgIpc) is 3.48. The Morgan fingerprint density at radius 1 is 1.06 bits per heavy atom. The largest absolute Gasteiger partial charge is 0.324 e. The van der Waals surface area contributed by atoms with Gasteiger partial charge in [-0.15, -0.1) is 0 Å². The lowest BCUT2D eigenvalue weighted by Gasteiger charge is -2.36. The molecule has 0 unspecified atom stereocenters. The zero-order chi connectivity index (χ0) is 22.4. The molecule has 3 saturated heterocycles. The van der Waals surface area contributed by atoms with Crippen LogP contribution in [0.5, 0.6) is 0 Å². The second-order valence-corrected chi connectivity index (χ2v) is 9.60. The molecule has 4 aliphatic rings. The zero-order valence-electron chi connectivity index (χ0n) is 18.6. The molecule has 6 heteroatoms. The maximum Gasteiger partial charge on any atom is 0.250 e. The molecule has 2 aromatic carbocycles. The molecule has 6 rings (SSSR count). The topological polar surface area (TPSA) is 69.7 Å². The highest BCUT2D eigenvalue weighted by Gasteiger charge is 2.74. The van der Waals surface area contributed by atoms with Crippen LogP contribution in [0.4, 0.5) is 11.4 Å². The molecule has 1 spiro atoms. The van der Waals surface area contributed by atoms with Gasteiger partial charge < -0.3 is 5.32 Å². The van der Waals surface area contributed by atoms with Crippen molar-refractivity contribution in [2.24, 2.45) is 11.8 Å². The van der Waals surface area contributed by atoms with Gasteiger partial charge in [-0.3, -0.25) is 19.3 Å². The van der Waals surface area contributed by atoms with E-state index in [-0.39, 0.29) is 23.8 Å². The van der Waals surface area contributed by atoms with E-state index < -0.39 is 17.4 Å². The highest BCUT2D eigenvalue weighted by Crippen LogP contribution is 2.61. The third-order valence-electron chi connectivity index (χ3n) is 8.24. The molecule has 4 atom stereocenters. The van der Waals surface area contributed by atoms with E-state index in [0.717, 1.165) is 53.7 Å². The predicted octanol–water partition coefficient (Wildman–Crippen LogP) is 3.30. The van der Waals surface area contributed by atoms with Crippen LogP contribution in [0.3, 0.4) is 0 Å². The summed E-state index contributed by atoms with van der Waals surface area (Å²) in [5, 5.41) is 3.12. The Labute approximate surface area is 187 Å². The number of imide groups is 1. The monoisotopic (exact) mass is 429 g/mol. The number of carbonyl (C=O) groups excluding carboxylic acids is 3. The lowest BCUT2D eigenvalue weighted by Crippen LogP contribution is -2.54. The van der Waals surface area contributed by atoms with Crippen molar-refractivity contribution in [1.82, 2.24) is 4.90 Å². The van der Waals surface area contributed by atoms with Gasteiger partial charge in [-0.25, -0.2) is 4.90 Å². The molecule has 0 bridgehead atoms. The normalized spacial score (nSPS) is 30.8. The smallest absolute Gasteiger partial charge is 0.250 e. The van der Waals surface area contributed by atoms with Gasteiger partial charge in [0.2, 0.25) is 17.7 Å². The van der Waals surface area contributed by atoms with Crippen LogP contribution in [-0.4, -0.2) is 35.2 Å². The first-order valence-corrected chi connectivity index (χ1v) is 11.6. The summed E-state index contributed by atoms with van der Waals surface area (Å²) < 4.78 is 0. The summed E-state index contributed by atoms with van der Waals surface area (Å²) in [6.45, 7) is 6.79. The molecule has 4 aliphatic heterocycles. The van der Waals surface area contributed by atoms with E-state index in [9.17, 15) is 14.4 Å². The quantitative estimate of drug-likeness (QED) is 0.744. The minimum Gasteiger partial charge on any atom is -0.324 e. The summed E-state index contributed by atoms with van der Waals surface area (Å²) in [5.74, 6) is -1.76. The van der Waals surface area contributed by atoms with E-state index in [2.05, 4.69) is 17.1 Å². The molecule has 3 fully saturated rings. The van der Waals surface area contributed by atoms with Crippen molar-refractivity contribution in [3.63, 3.8) is 0 Å². The van der Waals surface area contributed by atoms with Crippen LogP contribution in [0.2, 0.25) is 0 Å². The number of hydrogen-bond acceptors (Lipinski definition) is 4. The SMILES string of the molecule is CCc1cccc2c1NC(=O)[C@@]21[C@@H]2C(=O)N(c3ccc(C)c(C)c3)C(=O)[C@H]2[C@@H]2CCCN21. The molecule has 0 saturated carbocycles. The maximum absolute atomic E-state index is 14.0. The number of benzene rings is 2. The van der Waals surface area contributed by atoms with Gasteiger partial charge in [0.05, 0.1) is 17.5 Å². The van der Waals surface area contributed by atoms with Crippen LogP contribution in [0.1, 0.15) is 42.0 Å². The van der Waals surface area contributed by atoms with E-state index in [0.29, 0.717) is 5.69 Å². The van der Waals surface area contributed by atoms with E-state index in [1.54, 1.807) is 0 Å². The van der Waals surface area contributed by atoms with Crippen LogP contribution >= 0.6 is 0 Å². The number of amides is 3. The van der Waals surface area contributed by atoms with Crippen LogP contribution in [0.25, 0.3) is 0 Å². The Bertz CT molecular complexity index is 1200. The van der Waals surface area contributed by atoms with Crippen LogP contribution in [-0.2, 0) is 26.3 Å². The second kappa shape index (κ2) is 6.51. The molecule has 3 amide bonds. The van der Waals surface area contributed by atoms with E-state index in [1.807, 2.05) is 50.2 Å². The number of para-hydroxylation sites is 1. The van der Waals surface area contributed by atoms with Gasteiger partial charge in [-0.2, -0.15) is 0 Å². The summed E-state index contributed by atoms with van der Waals surface area (Å²) in [5.41, 5.74) is 4.41. The fourth-order valence-electron chi connectivity index (χ4n) is 6.70. The summed E-state index contributed by atoms with van der Waals surface area (Å²) in [7, 11) is 0. The molecule has 4 heterocycles. The van der Waals surface area contributed by atoms with Gasteiger partial charge in [0.15, 0.2) is 0 Å². The third kappa shape index (κ3) is 2.16. The first-order valence-electron chi connectivity index (χ1n) is 11.6. The molecule has 0 radical (unpaired) electrons. The van der Waals surface area contributed by atoms with Gasteiger partial charge in [-0.1, -0.05) is 31.2 Å². The van der Waals surface area contributed by atoms with Crippen molar-refractivity contribution < 1.29 is 14.4 Å². The Morgan fingerprint density at radius 3 is 2.62 bits per heavy atom. The molecule has 164 valence electrons. The predicted molar refractivity (Wildman–Crippen MR) is 121 cm³/mol. The lowest BCUT2D eigenvalue weighted by molar-refractivity contribution is -0.135. The molecule has 2 aromatic rings. The Hall–Kier alpha value is -2.99. The Morgan fingerprint density at radius 2 is 1.88 bits per heavy atom. The van der Waals surface area contributed by atoms with Gasteiger partial charge in [-0.05, 0) is 68.5 Å². The summed E-state index contributed by atoms with van der Waals surface area (Å²) >= 11 is 0. The number of nitrogens with zero attached hydrogens (tertiary/aromatic N) is 2. The first kappa shape index (κ1) is 19.7.